The fourth-order valence-corrected chi connectivity index (χ4v) is 3.85. The number of halogens is 3. The molecule has 0 saturated heterocycles. The fourth-order valence-electron chi connectivity index (χ4n) is 1.99. The maximum atomic E-state index is 14.5. The van der Waals surface area contributed by atoms with E-state index in [9.17, 15) is 17.2 Å². The summed E-state index contributed by atoms with van der Waals surface area (Å²) < 4.78 is 58.9. The van der Waals surface area contributed by atoms with Gasteiger partial charge < -0.3 is 10.5 Å². The van der Waals surface area contributed by atoms with E-state index in [4.69, 9.17) is 10.5 Å². The molecule has 0 aliphatic heterocycles. The van der Waals surface area contributed by atoms with E-state index in [0.717, 1.165) is 12.1 Å². The van der Waals surface area contributed by atoms with Crippen LogP contribution in [0.2, 0.25) is 0 Å². The number of benzene rings is 2. The van der Waals surface area contributed by atoms with Crippen LogP contribution in [-0.2, 0) is 9.84 Å². The van der Waals surface area contributed by atoms with E-state index >= 15 is 0 Å². The molecule has 0 heterocycles. The molecule has 1 unspecified atom stereocenters. The molecular weight excluding hydrogens is 392 g/mol. The van der Waals surface area contributed by atoms with Crippen molar-refractivity contribution in [2.45, 2.75) is 16.2 Å². The fraction of sp³-hybridized carbons (Fsp3) is 0.200. The molecule has 124 valence electrons. The summed E-state index contributed by atoms with van der Waals surface area (Å²) in [7, 11) is -3.49. The van der Waals surface area contributed by atoms with E-state index in [0.29, 0.717) is 10.2 Å². The Bertz CT molecular complexity index is 798. The molecule has 0 aliphatic carbocycles. The number of ether oxygens (including phenoxy) is 1. The van der Waals surface area contributed by atoms with Crippen LogP contribution in [0, 0.1) is 0 Å². The summed E-state index contributed by atoms with van der Waals surface area (Å²) in [4.78, 5) is -0.479. The van der Waals surface area contributed by atoms with Gasteiger partial charge in [0.2, 0.25) is 9.84 Å². The summed E-state index contributed by atoms with van der Waals surface area (Å²) in [5, 5.41) is -4.16. The van der Waals surface area contributed by atoms with Gasteiger partial charge in [0, 0.05) is 0 Å². The number of alkyl halides is 2. The second-order valence-corrected chi connectivity index (χ2v) is 7.63. The first-order valence-corrected chi connectivity index (χ1v) is 8.76. The number of rotatable bonds is 5. The lowest BCUT2D eigenvalue weighted by molar-refractivity contribution is 0.0619. The van der Waals surface area contributed by atoms with Crippen molar-refractivity contribution in [2.75, 3.05) is 7.11 Å². The maximum absolute atomic E-state index is 14.5. The lowest BCUT2D eigenvalue weighted by atomic mass is 10.1. The summed E-state index contributed by atoms with van der Waals surface area (Å²) in [6, 6.07) is 8.55. The molecular formula is C15H14BrF2NO3S. The van der Waals surface area contributed by atoms with E-state index in [1.165, 1.54) is 43.5 Å². The minimum Gasteiger partial charge on any atom is -0.496 e. The Hall–Kier alpha value is -1.51. The standard InChI is InChI=1S/C15H14BrF2NO3S/c1-22-13-8-7-10(9-12(13)16)14(19)15(17,18)23(20,21)11-5-3-2-4-6-11/h2-9,14H,19H2,1H3. The van der Waals surface area contributed by atoms with E-state index < -0.39 is 26.0 Å². The summed E-state index contributed by atoms with van der Waals surface area (Å²) in [5.74, 6) is 0.426. The molecule has 0 amide bonds. The van der Waals surface area contributed by atoms with Gasteiger partial charge in [0.1, 0.15) is 11.8 Å². The molecule has 0 fully saturated rings. The Morgan fingerprint density at radius 2 is 1.78 bits per heavy atom. The molecule has 0 bridgehead atoms. The molecule has 0 radical (unpaired) electrons. The van der Waals surface area contributed by atoms with Gasteiger partial charge in [-0.2, -0.15) is 8.78 Å². The van der Waals surface area contributed by atoms with Gasteiger partial charge in [0.25, 0.3) is 0 Å². The van der Waals surface area contributed by atoms with Crippen LogP contribution in [0.3, 0.4) is 0 Å². The first kappa shape index (κ1) is 17.8. The molecule has 0 aliphatic rings. The number of hydrogen-bond acceptors (Lipinski definition) is 4. The van der Waals surface area contributed by atoms with Crippen molar-refractivity contribution in [1.29, 1.82) is 0 Å². The lowest BCUT2D eigenvalue weighted by Crippen LogP contribution is -2.40. The third-order valence-corrected chi connectivity index (χ3v) is 5.79. The molecule has 0 saturated carbocycles. The highest BCUT2D eigenvalue weighted by Crippen LogP contribution is 2.40. The van der Waals surface area contributed by atoms with Gasteiger partial charge >= 0.3 is 5.25 Å². The van der Waals surface area contributed by atoms with Crippen molar-refractivity contribution < 1.29 is 21.9 Å². The van der Waals surface area contributed by atoms with Gasteiger partial charge in [-0.05, 0) is 45.8 Å². The molecule has 0 spiro atoms. The second-order valence-electron chi connectivity index (χ2n) is 4.75. The lowest BCUT2D eigenvalue weighted by Gasteiger charge is -2.24. The Labute approximate surface area is 141 Å². The van der Waals surface area contributed by atoms with Crippen molar-refractivity contribution in [3.05, 3.63) is 58.6 Å². The summed E-state index contributed by atoms with van der Waals surface area (Å²) in [5.41, 5.74) is 5.54. The normalized spacial score (nSPS) is 13.6. The van der Waals surface area contributed by atoms with Crippen LogP contribution in [0.15, 0.2) is 57.9 Å². The van der Waals surface area contributed by atoms with Gasteiger partial charge in [0.15, 0.2) is 0 Å². The Kier molecular flexibility index (Phi) is 5.07. The van der Waals surface area contributed by atoms with Crippen molar-refractivity contribution >= 4 is 25.8 Å². The van der Waals surface area contributed by atoms with Crippen molar-refractivity contribution in [2.24, 2.45) is 5.73 Å². The minimum absolute atomic E-state index is 0.0258. The molecule has 23 heavy (non-hydrogen) atoms. The van der Waals surface area contributed by atoms with E-state index in [2.05, 4.69) is 15.9 Å². The number of nitrogens with two attached hydrogens (primary N) is 1. The predicted octanol–water partition coefficient (Wildman–Crippen LogP) is 3.52. The summed E-state index contributed by atoms with van der Waals surface area (Å²) in [6.45, 7) is 0. The molecule has 2 N–H and O–H groups in total. The van der Waals surface area contributed by atoms with Crippen molar-refractivity contribution in [1.82, 2.24) is 0 Å². The molecule has 2 aromatic carbocycles. The highest BCUT2D eigenvalue weighted by molar-refractivity contribution is 9.10. The van der Waals surface area contributed by atoms with Gasteiger partial charge in [-0.15, -0.1) is 0 Å². The summed E-state index contributed by atoms with van der Waals surface area (Å²) >= 11 is 3.16. The van der Waals surface area contributed by atoms with E-state index in [1.54, 1.807) is 0 Å². The topological polar surface area (TPSA) is 69.4 Å². The number of methoxy groups -OCH3 is 1. The maximum Gasteiger partial charge on any atom is 0.368 e. The monoisotopic (exact) mass is 405 g/mol. The molecule has 2 rings (SSSR count). The van der Waals surface area contributed by atoms with Gasteiger partial charge in [-0.3, -0.25) is 0 Å². The molecule has 1 atom stereocenters. The van der Waals surface area contributed by atoms with Crippen molar-refractivity contribution in [3.63, 3.8) is 0 Å². The van der Waals surface area contributed by atoms with Crippen LogP contribution in [0.1, 0.15) is 11.6 Å². The quantitative estimate of drug-likeness (QED) is 0.825. The average molecular weight is 406 g/mol. The molecule has 0 aromatic heterocycles. The molecule has 8 heteroatoms. The van der Waals surface area contributed by atoms with E-state index in [1.807, 2.05) is 0 Å². The first-order chi connectivity index (χ1) is 10.7. The zero-order valence-corrected chi connectivity index (χ0v) is 14.4. The van der Waals surface area contributed by atoms with Crippen LogP contribution in [-0.4, -0.2) is 20.8 Å². The highest BCUT2D eigenvalue weighted by Gasteiger charge is 2.52. The third kappa shape index (κ3) is 3.24. The van der Waals surface area contributed by atoms with Crippen LogP contribution in [0.5, 0.6) is 5.75 Å². The Morgan fingerprint density at radius 1 is 1.17 bits per heavy atom. The zero-order valence-electron chi connectivity index (χ0n) is 12.0. The smallest absolute Gasteiger partial charge is 0.368 e. The number of hydrogen-bond donors (Lipinski definition) is 1. The second kappa shape index (κ2) is 6.54. The SMILES string of the molecule is COc1ccc(C(N)C(F)(F)S(=O)(=O)c2ccccc2)cc1Br. The van der Waals surface area contributed by atoms with Gasteiger partial charge in [-0.1, -0.05) is 24.3 Å². The molecule has 4 nitrogen and oxygen atoms in total. The highest BCUT2D eigenvalue weighted by atomic mass is 79.9. The third-order valence-electron chi connectivity index (χ3n) is 3.31. The van der Waals surface area contributed by atoms with Crippen LogP contribution in [0.25, 0.3) is 0 Å². The van der Waals surface area contributed by atoms with E-state index in [-0.39, 0.29) is 5.56 Å². The van der Waals surface area contributed by atoms with Crippen LogP contribution >= 0.6 is 15.9 Å². The largest absolute Gasteiger partial charge is 0.496 e. The Morgan fingerprint density at radius 3 is 2.30 bits per heavy atom. The van der Waals surface area contributed by atoms with Gasteiger partial charge in [-0.25, -0.2) is 8.42 Å². The summed E-state index contributed by atoms with van der Waals surface area (Å²) in [6.07, 6.45) is 0. The average Bonchev–Trinajstić information content (AvgIpc) is 2.54. The minimum atomic E-state index is -4.92. The zero-order chi connectivity index (χ0) is 17.3. The Balaban J connectivity index is 2.44. The predicted molar refractivity (Wildman–Crippen MR) is 86.2 cm³/mol. The van der Waals surface area contributed by atoms with Gasteiger partial charge in [0.05, 0.1) is 16.5 Å². The number of sulfone groups is 1. The molecule has 2 aromatic rings. The van der Waals surface area contributed by atoms with Crippen molar-refractivity contribution in [3.8, 4) is 5.75 Å². The van der Waals surface area contributed by atoms with Crippen LogP contribution < -0.4 is 10.5 Å². The first-order valence-electron chi connectivity index (χ1n) is 6.48. The van der Waals surface area contributed by atoms with Crippen LogP contribution in [0.4, 0.5) is 8.78 Å².